The third-order valence-corrected chi connectivity index (χ3v) is 2.33. The van der Waals surface area contributed by atoms with Gasteiger partial charge in [0.05, 0.1) is 18.5 Å². The van der Waals surface area contributed by atoms with Crippen molar-refractivity contribution < 1.29 is 22.8 Å². The normalized spacial score (nSPS) is 16.8. The summed E-state index contributed by atoms with van der Waals surface area (Å²) in [5, 5.41) is 0. The van der Waals surface area contributed by atoms with E-state index in [1.165, 1.54) is 0 Å². The Hall–Kier alpha value is -1.92. The first-order valence-corrected chi connectivity index (χ1v) is 4.74. The molecule has 1 fully saturated rings. The topological polar surface area (TPSA) is 50.3 Å². The van der Waals surface area contributed by atoms with Gasteiger partial charge in [-0.1, -0.05) is 0 Å². The van der Waals surface area contributed by atoms with E-state index in [1.54, 1.807) is 0 Å². The third kappa shape index (κ3) is 2.13. The molecule has 0 N–H and O–H groups in total. The molecule has 0 saturated carbocycles. The van der Waals surface area contributed by atoms with Crippen LogP contribution in [0.2, 0.25) is 0 Å². The summed E-state index contributed by atoms with van der Waals surface area (Å²) in [7, 11) is 0. The molecule has 0 atom stereocenters. The minimum atomic E-state index is -4.60. The minimum absolute atomic E-state index is 0.348. The summed E-state index contributed by atoms with van der Waals surface area (Å²) >= 11 is 0. The van der Waals surface area contributed by atoms with Gasteiger partial charge < -0.3 is 0 Å². The summed E-state index contributed by atoms with van der Waals surface area (Å²) < 4.78 is 38.0. The summed E-state index contributed by atoms with van der Waals surface area (Å²) in [6, 6.07) is 1.97. The fourth-order valence-electron chi connectivity index (χ4n) is 1.61. The molecule has 0 aliphatic carbocycles. The number of alkyl halides is 3. The Morgan fingerprint density at radius 1 is 1.29 bits per heavy atom. The summed E-state index contributed by atoms with van der Waals surface area (Å²) in [4.78, 5) is 26.7. The van der Waals surface area contributed by atoms with E-state index in [0.717, 1.165) is 23.2 Å². The third-order valence-electron chi connectivity index (χ3n) is 2.33. The Labute approximate surface area is 94.0 Å². The number of pyridine rings is 1. The highest BCUT2D eigenvalue weighted by Crippen LogP contribution is 2.35. The molecule has 1 aromatic rings. The fraction of sp³-hybridized carbons (Fsp3) is 0.300. The van der Waals surface area contributed by atoms with E-state index in [2.05, 4.69) is 4.98 Å². The Kier molecular flexibility index (Phi) is 2.60. The molecule has 0 unspecified atom stereocenters. The predicted molar refractivity (Wildman–Crippen MR) is 51.2 cm³/mol. The lowest BCUT2D eigenvalue weighted by Gasteiger charge is -2.18. The van der Waals surface area contributed by atoms with Crippen molar-refractivity contribution in [3.63, 3.8) is 0 Å². The van der Waals surface area contributed by atoms with Gasteiger partial charge in [0.1, 0.15) is 5.82 Å². The number of anilines is 1. The number of hydrogen-bond acceptors (Lipinski definition) is 3. The highest BCUT2D eigenvalue weighted by Gasteiger charge is 2.39. The first kappa shape index (κ1) is 11.6. The molecule has 0 aromatic carbocycles. The zero-order valence-electron chi connectivity index (χ0n) is 8.49. The molecule has 1 aliphatic rings. The first-order valence-electron chi connectivity index (χ1n) is 4.74. The van der Waals surface area contributed by atoms with E-state index >= 15 is 0 Å². The largest absolute Gasteiger partial charge is 0.419 e. The molecule has 4 nitrogen and oxygen atoms in total. The summed E-state index contributed by atoms with van der Waals surface area (Å²) in [6.45, 7) is -0.348. The SMILES string of the molecule is O=C1CC(=O)N(c2ncccc2C(F)(F)F)C1. The monoisotopic (exact) mass is 244 g/mol. The molecule has 1 amide bonds. The number of amides is 1. The second-order valence-electron chi connectivity index (χ2n) is 3.57. The van der Waals surface area contributed by atoms with Crippen molar-refractivity contribution in [2.75, 3.05) is 11.4 Å². The van der Waals surface area contributed by atoms with Crippen molar-refractivity contribution in [3.05, 3.63) is 23.9 Å². The van der Waals surface area contributed by atoms with Crippen molar-refractivity contribution >= 4 is 17.5 Å². The zero-order valence-corrected chi connectivity index (χ0v) is 8.49. The van der Waals surface area contributed by atoms with E-state index in [0.29, 0.717) is 0 Å². The zero-order chi connectivity index (χ0) is 12.6. The maximum atomic E-state index is 12.7. The van der Waals surface area contributed by atoms with E-state index in [9.17, 15) is 22.8 Å². The van der Waals surface area contributed by atoms with Crippen LogP contribution in [0.4, 0.5) is 19.0 Å². The smallest absolute Gasteiger partial charge is 0.297 e. The van der Waals surface area contributed by atoms with E-state index in [4.69, 9.17) is 0 Å². The quantitative estimate of drug-likeness (QED) is 0.702. The van der Waals surface area contributed by atoms with Crippen molar-refractivity contribution in [1.29, 1.82) is 0 Å². The average molecular weight is 244 g/mol. The van der Waals surface area contributed by atoms with Gasteiger partial charge in [-0.25, -0.2) is 4.98 Å². The van der Waals surface area contributed by atoms with Gasteiger partial charge in [-0.3, -0.25) is 14.5 Å². The lowest BCUT2D eigenvalue weighted by atomic mass is 10.2. The van der Waals surface area contributed by atoms with Gasteiger partial charge in [0.15, 0.2) is 5.78 Å². The summed E-state index contributed by atoms with van der Waals surface area (Å²) in [5.74, 6) is -1.57. The molecule has 1 aliphatic heterocycles. The fourth-order valence-corrected chi connectivity index (χ4v) is 1.61. The van der Waals surface area contributed by atoms with Crippen LogP contribution < -0.4 is 4.90 Å². The van der Waals surface area contributed by atoms with Crippen LogP contribution in [0.3, 0.4) is 0 Å². The summed E-state index contributed by atoms with van der Waals surface area (Å²) in [5.41, 5.74) is -1.01. The van der Waals surface area contributed by atoms with Crippen LogP contribution in [-0.2, 0) is 15.8 Å². The van der Waals surface area contributed by atoms with Gasteiger partial charge in [0.2, 0.25) is 5.91 Å². The van der Waals surface area contributed by atoms with Crippen LogP contribution in [-0.4, -0.2) is 23.2 Å². The van der Waals surface area contributed by atoms with Crippen LogP contribution in [0.25, 0.3) is 0 Å². The van der Waals surface area contributed by atoms with Crippen LogP contribution in [0.1, 0.15) is 12.0 Å². The Bertz CT molecular complexity index is 485. The van der Waals surface area contributed by atoms with Gasteiger partial charge in [-0.05, 0) is 12.1 Å². The standard InChI is InChI=1S/C10H7F3N2O2/c11-10(12,13)7-2-1-3-14-9(7)15-5-6(16)4-8(15)17/h1-3H,4-5H2. The molecule has 2 heterocycles. The number of aromatic nitrogens is 1. The van der Waals surface area contributed by atoms with Gasteiger partial charge in [-0.2, -0.15) is 13.2 Å². The molecule has 0 bridgehead atoms. The second-order valence-corrected chi connectivity index (χ2v) is 3.57. The number of Topliss-reactive ketones (excluding diaryl/α,β-unsaturated/α-hetero) is 1. The van der Waals surface area contributed by atoms with Crippen LogP contribution in [0.5, 0.6) is 0 Å². The lowest BCUT2D eigenvalue weighted by molar-refractivity contribution is -0.137. The van der Waals surface area contributed by atoms with Gasteiger partial charge in [-0.15, -0.1) is 0 Å². The molecule has 0 spiro atoms. The van der Waals surface area contributed by atoms with Crippen molar-refractivity contribution in [2.45, 2.75) is 12.6 Å². The van der Waals surface area contributed by atoms with Crippen molar-refractivity contribution in [1.82, 2.24) is 4.98 Å². The van der Waals surface area contributed by atoms with Gasteiger partial charge >= 0.3 is 6.18 Å². The molecule has 90 valence electrons. The molecule has 0 radical (unpaired) electrons. The highest BCUT2D eigenvalue weighted by atomic mass is 19.4. The summed E-state index contributed by atoms with van der Waals surface area (Å²) in [6.07, 6.45) is -3.82. The van der Waals surface area contributed by atoms with E-state index < -0.39 is 29.2 Å². The van der Waals surface area contributed by atoms with Crippen LogP contribution in [0.15, 0.2) is 18.3 Å². The maximum absolute atomic E-state index is 12.7. The number of carbonyl (C=O) groups excluding carboxylic acids is 2. The number of rotatable bonds is 1. The van der Waals surface area contributed by atoms with E-state index in [-0.39, 0.29) is 13.0 Å². The second kappa shape index (κ2) is 3.83. The molecular weight excluding hydrogens is 237 g/mol. The number of hydrogen-bond donors (Lipinski definition) is 0. The lowest BCUT2D eigenvalue weighted by Crippen LogP contribution is -2.28. The van der Waals surface area contributed by atoms with E-state index in [1.807, 2.05) is 0 Å². The first-order chi connectivity index (χ1) is 7.89. The molecule has 7 heteroatoms. The maximum Gasteiger partial charge on any atom is 0.419 e. The Balaban J connectivity index is 2.46. The molecule has 1 aromatic heterocycles. The molecule has 2 rings (SSSR count). The van der Waals surface area contributed by atoms with Crippen molar-refractivity contribution in [3.8, 4) is 0 Å². The molecule has 17 heavy (non-hydrogen) atoms. The van der Waals surface area contributed by atoms with Gasteiger partial charge in [0, 0.05) is 6.20 Å². The number of halogens is 3. The predicted octanol–water partition coefficient (Wildman–Crippen LogP) is 1.41. The van der Waals surface area contributed by atoms with Gasteiger partial charge in [0.25, 0.3) is 0 Å². The Morgan fingerprint density at radius 2 is 2.00 bits per heavy atom. The number of nitrogens with zero attached hydrogens (tertiary/aromatic N) is 2. The number of carbonyl (C=O) groups is 2. The van der Waals surface area contributed by atoms with Crippen molar-refractivity contribution in [2.24, 2.45) is 0 Å². The minimum Gasteiger partial charge on any atom is -0.297 e. The number of ketones is 1. The van der Waals surface area contributed by atoms with Crippen LogP contribution in [0, 0.1) is 0 Å². The Morgan fingerprint density at radius 3 is 2.53 bits per heavy atom. The average Bonchev–Trinajstić information content (AvgIpc) is 2.56. The molecular formula is C10H7F3N2O2. The highest BCUT2D eigenvalue weighted by molar-refractivity contribution is 6.14. The van der Waals surface area contributed by atoms with Crippen LogP contribution >= 0.6 is 0 Å². The molecule has 1 saturated heterocycles.